The van der Waals surface area contributed by atoms with Gasteiger partial charge in [-0.3, -0.25) is 0 Å². The number of rotatable bonds is 10. The lowest BCUT2D eigenvalue weighted by Crippen LogP contribution is -2.24. The molecule has 1 unspecified atom stereocenters. The predicted octanol–water partition coefficient (Wildman–Crippen LogP) is 5.07. The number of hydrogen-bond donors (Lipinski definition) is 1. The summed E-state index contributed by atoms with van der Waals surface area (Å²) in [6.07, 6.45) is 3.64. The van der Waals surface area contributed by atoms with Crippen LogP contribution in [0.4, 0.5) is 0 Å². The molecular weight excluding hydrogens is 262 g/mol. The molecule has 0 saturated carbocycles. The first-order valence-electron chi connectivity index (χ1n) is 8.07. The summed E-state index contributed by atoms with van der Waals surface area (Å²) in [7, 11) is 0. The van der Waals surface area contributed by atoms with Crippen molar-refractivity contribution in [1.82, 2.24) is 5.32 Å². The van der Waals surface area contributed by atoms with Crippen LogP contribution in [-0.2, 0) is 6.42 Å². The lowest BCUT2D eigenvalue weighted by atomic mass is 10.0. The monoisotopic (exact) mass is 293 g/mol. The zero-order chi connectivity index (χ0) is 14.8. The molecular formula is C18H31NS. The molecule has 0 aromatic heterocycles. The Balaban J connectivity index is 2.53. The zero-order valence-electron chi connectivity index (χ0n) is 13.6. The van der Waals surface area contributed by atoms with Gasteiger partial charge in [-0.25, -0.2) is 0 Å². The largest absolute Gasteiger partial charge is 0.309 e. The standard InChI is InChI=1S/C18H31NS/c1-5-12-19-18(14-20-13-11-15(3)4)17-9-7-16(6-2)8-10-17/h7-10,15,18-19H,5-6,11-14H2,1-4H3. The average Bonchev–Trinajstić information content (AvgIpc) is 2.46. The molecule has 0 amide bonds. The third-order valence-electron chi connectivity index (χ3n) is 3.56. The normalized spacial score (nSPS) is 12.8. The van der Waals surface area contributed by atoms with E-state index in [1.165, 1.54) is 35.5 Å². The molecule has 1 atom stereocenters. The molecule has 1 aromatic carbocycles. The van der Waals surface area contributed by atoms with Gasteiger partial charge in [-0.05, 0) is 48.6 Å². The highest BCUT2D eigenvalue weighted by molar-refractivity contribution is 7.99. The van der Waals surface area contributed by atoms with Gasteiger partial charge in [-0.2, -0.15) is 11.8 Å². The minimum Gasteiger partial charge on any atom is -0.309 e. The van der Waals surface area contributed by atoms with Crippen molar-refractivity contribution in [2.75, 3.05) is 18.1 Å². The van der Waals surface area contributed by atoms with E-state index in [-0.39, 0.29) is 0 Å². The summed E-state index contributed by atoms with van der Waals surface area (Å²) >= 11 is 2.08. The van der Waals surface area contributed by atoms with Gasteiger partial charge in [0.15, 0.2) is 0 Å². The number of hydrogen-bond acceptors (Lipinski definition) is 2. The van der Waals surface area contributed by atoms with Gasteiger partial charge in [0.05, 0.1) is 0 Å². The minimum atomic E-state index is 0.498. The van der Waals surface area contributed by atoms with Gasteiger partial charge in [0.2, 0.25) is 0 Å². The highest BCUT2D eigenvalue weighted by Crippen LogP contribution is 2.21. The van der Waals surface area contributed by atoms with E-state index in [2.05, 4.69) is 69.0 Å². The first-order chi connectivity index (χ1) is 9.67. The van der Waals surface area contributed by atoms with Crippen LogP contribution in [0.1, 0.15) is 57.7 Å². The first kappa shape index (κ1) is 17.6. The highest BCUT2D eigenvalue weighted by Gasteiger charge is 2.10. The number of nitrogens with one attached hydrogen (secondary N) is 1. The van der Waals surface area contributed by atoms with Crippen LogP contribution >= 0.6 is 11.8 Å². The third-order valence-corrected chi connectivity index (χ3v) is 4.65. The molecule has 0 fully saturated rings. The van der Waals surface area contributed by atoms with E-state index in [1.807, 2.05) is 0 Å². The Kier molecular flexibility index (Phi) is 9.04. The second-order valence-corrected chi connectivity index (χ2v) is 7.01. The van der Waals surface area contributed by atoms with Crippen LogP contribution in [0.5, 0.6) is 0 Å². The van der Waals surface area contributed by atoms with Crippen LogP contribution in [0.2, 0.25) is 0 Å². The van der Waals surface area contributed by atoms with Gasteiger partial charge in [-0.1, -0.05) is 52.0 Å². The smallest absolute Gasteiger partial charge is 0.0411 e. The fourth-order valence-electron chi connectivity index (χ4n) is 2.10. The van der Waals surface area contributed by atoms with Gasteiger partial charge < -0.3 is 5.32 Å². The molecule has 0 heterocycles. The van der Waals surface area contributed by atoms with Crippen LogP contribution in [0.25, 0.3) is 0 Å². The predicted molar refractivity (Wildman–Crippen MR) is 93.6 cm³/mol. The Morgan fingerprint density at radius 1 is 1.10 bits per heavy atom. The van der Waals surface area contributed by atoms with E-state index in [0.29, 0.717) is 6.04 Å². The van der Waals surface area contributed by atoms with Crippen LogP contribution in [0.3, 0.4) is 0 Å². The topological polar surface area (TPSA) is 12.0 Å². The Morgan fingerprint density at radius 3 is 2.35 bits per heavy atom. The Hall–Kier alpha value is -0.470. The molecule has 1 rings (SSSR count). The Labute approximate surface area is 129 Å². The Morgan fingerprint density at radius 2 is 1.80 bits per heavy atom. The second kappa shape index (κ2) is 10.3. The summed E-state index contributed by atoms with van der Waals surface area (Å²) in [6.45, 7) is 10.2. The van der Waals surface area contributed by atoms with Crippen LogP contribution in [-0.4, -0.2) is 18.1 Å². The molecule has 114 valence electrons. The summed E-state index contributed by atoms with van der Waals surface area (Å²) in [5.41, 5.74) is 2.86. The zero-order valence-corrected chi connectivity index (χ0v) is 14.4. The summed E-state index contributed by atoms with van der Waals surface area (Å²) in [6, 6.07) is 9.64. The summed E-state index contributed by atoms with van der Waals surface area (Å²) in [5.74, 6) is 3.26. The summed E-state index contributed by atoms with van der Waals surface area (Å²) in [5, 5.41) is 3.69. The average molecular weight is 294 g/mol. The van der Waals surface area contributed by atoms with Crippen molar-refractivity contribution in [3.63, 3.8) is 0 Å². The maximum atomic E-state index is 3.69. The van der Waals surface area contributed by atoms with Crippen molar-refractivity contribution in [3.05, 3.63) is 35.4 Å². The van der Waals surface area contributed by atoms with Gasteiger partial charge in [0.25, 0.3) is 0 Å². The third kappa shape index (κ3) is 6.81. The molecule has 0 bridgehead atoms. The quantitative estimate of drug-likeness (QED) is 0.604. The summed E-state index contributed by atoms with van der Waals surface area (Å²) in [4.78, 5) is 0. The molecule has 1 aromatic rings. The van der Waals surface area contributed by atoms with E-state index in [0.717, 1.165) is 18.9 Å². The van der Waals surface area contributed by atoms with Gasteiger partial charge in [0.1, 0.15) is 0 Å². The van der Waals surface area contributed by atoms with Crippen molar-refractivity contribution in [1.29, 1.82) is 0 Å². The molecule has 0 radical (unpaired) electrons. The van der Waals surface area contributed by atoms with Crippen molar-refractivity contribution in [2.45, 2.75) is 53.0 Å². The molecule has 0 aliphatic heterocycles. The number of thioether (sulfide) groups is 1. The number of benzene rings is 1. The fraction of sp³-hybridized carbons (Fsp3) is 0.667. The molecule has 0 aliphatic carbocycles. The van der Waals surface area contributed by atoms with Crippen molar-refractivity contribution >= 4 is 11.8 Å². The fourth-order valence-corrected chi connectivity index (χ4v) is 3.45. The lowest BCUT2D eigenvalue weighted by Gasteiger charge is -2.19. The van der Waals surface area contributed by atoms with E-state index in [1.54, 1.807) is 0 Å². The molecule has 1 nitrogen and oxygen atoms in total. The van der Waals surface area contributed by atoms with E-state index in [4.69, 9.17) is 0 Å². The molecule has 20 heavy (non-hydrogen) atoms. The van der Waals surface area contributed by atoms with Gasteiger partial charge in [-0.15, -0.1) is 0 Å². The van der Waals surface area contributed by atoms with Crippen LogP contribution in [0.15, 0.2) is 24.3 Å². The highest BCUT2D eigenvalue weighted by atomic mass is 32.2. The second-order valence-electron chi connectivity index (χ2n) is 5.86. The van der Waals surface area contributed by atoms with Crippen molar-refractivity contribution < 1.29 is 0 Å². The number of aryl methyl sites for hydroxylation is 1. The molecule has 2 heteroatoms. The van der Waals surface area contributed by atoms with Gasteiger partial charge >= 0.3 is 0 Å². The molecule has 0 aliphatic rings. The van der Waals surface area contributed by atoms with Crippen LogP contribution < -0.4 is 5.32 Å². The van der Waals surface area contributed by atoms with Crippen LogP contribution in [0, 0.1) is 5.92 Å². The van der Waals surface area contributed by atoms with Crippen molar-refractivity contribution in [2.24, 2.45) is 5.92 Å². The maximum Gasteiger partial charge on any atom is 0.0411 e. The lowest BCUT2D eigenvalue weighted by molar-refractivity contribution is 0.576. The van der Waals surface area contributed by atoms with Crippen molar-refractivity contribution in [3.8, 4) is 0 Å². The molecule has 0 saturated heterocycles. The van der Waals surface area contributed by atoms with E-state index < -0.39 is 0 Å². The molecule has 0 spiro atoms. The van der Waals surface area contributed by atoms with E-state index in [9.17, 15) is 0 Å². The minimum absolute atomic E-state index is 0.498. The van der Waals surface area contributed by atoms with Gasteiger partial charge in [0, 0.05) is 11.8 Å². The SMILES string of the molecule is CCCNC(CSCCC(C)C)c1ccc(CC)cc1. The maximum absolute atomic E-state index is 3.69. The Bertz CT molecular complexity index is 345. The first-order valence-corrected chi connectivity index (χ1v) is 9.22. The van der Waals surface area contributed by atoms with E-state index >= 15 is 0 Å². The summed E-state index contributed by atoms with van der Waals surface area (Å²) < 4.78 is 0. The molecule has 1 N–H and O–H groups in total.